The molecule has 0 bridgehead atoms. The average Bonchev–Trinajstić information content (AvgIpc) is 2.79. The van der Waals surface area contributed by atoms with Crippen molar-refractivity contribution in [2.45, 2.75) is 58.3 Å². The topological polar surface area (TPSA) is 69.5 Å². The Morgan fingerprint density at radius 3 is 1.87 bits per heavy atom. The van der Waals surface area contributed by atoms with Crippen LogP contribution in [-0.4, -0.2) is 39.4 Å². The van der Waals surface area contributed by atoms with E-state index < -0.39 is 0 Å². The molecule has 0 saturated carbocycles. The highest BCUT2D eigenvalue weighted by atomic mass is 16.5. The van der Waals surface area contributed by atoms with E-state index in [1.54, 1.807) is 28.4 Å². The van der Waals surface area contributed by atoms with Gasteiger partial charge in [0.2, 0.25) is 0 Å². The van der Waals surface area contributed by atoms with Gasteiger partial charge in [-0.15, -0.1) is 0 Å². The zero-order chi connectivity index (χ0) is 21.9. The Morgan fingerprint density at radius 1 is 0.767 bits per heavy atom. The molecule has 0 aliphatic rings. The van der Waals surface area contributed by atoms with E-state index in [0.717, 1.165) is 23.6 Å². The Labute approximate surface area is 179 Å². The van der Waals surface area contributed by atoms with Crippen molar-refractivity contribution in [2.24, 2.45) is 5.16 Å². The van der Waals surface area contributed by atoms with Crippen molar-refractivity contribution in [1.82, 2.24) is 0 Å². The van der Waals surface area contributed by atoms with Gasteiger partial charge in [-0.3, -0.25) is 0 Å². The summed E-state index contributed by atoms with van der Waals surface area (Å²) in [5, 5.41) is 14.9. The highest BCUT2D eigenvalue weighted by molar-refractivity contribution is 6.12. The fraction of sp³-hybridized carbons (Fsp3) is 0.542. The van der Waals surface area contributed by atoms with E-state index in [0.29, 0.717) is 40.7 Å². The lowest BCUT2D eigenvalue weighted by Crippen LogP contribution is -2.07. The first-order valence-corrected chi connectivity index (χ1v) is 10.7. The number of oxime groups is 1. The van der Waals surface area contributed by atoms with E-state index in [1.807, 2.05) is 18.2 Å². The highest BCUT2D eigenvalue weighted by Gasteiger charge is 2.23. The number of hydrogen-bond donors (Lipinski definition) is 1. The largest absolute Gasteiger partial charge is 0.496 e. The van der Waals surface area contributed by atoms with Gasteiger partial charge in [-0.25, -0.2) is 0 Å². The first-order valence-electron chi connectivity index (χ1n) is 10.7. The Hall–Kier alpha value is -2.63. The number of ether oxygens (including phenoxy) is 4. The van der Waals surface area contributed by atoms with Crippen molar-refractivity contribution in [3.63, 3.8) is 0 Å². The van der Waals surface area contributed by atoms with Crippen LogP contribution in [0.15, 0.2) is 23.4 Å². The molecular formula is C24H35NO5. The van der Waals surface area contributed by atoms with Crippen LogP contribution in [0.5, 0.6) is 23.0 Å². The second kappa shape index (κ2) is 12.2. The van der Waals surface area contributed by atoms with E-state index in [2.05, 4.69) is 12.1 Å². The molecule has 0 spiro atoms. The summed E-state index contributed by atoms with van der Waals surface area (Å²) in [6.45, 7) is 2.22. The first-order chi connectivity index (χ1) is 14.7. The van der Waals surface area contributed by atoms with Gasteiger partial charge in [0.1, 0.15) is 23.0 Å². The molecule has 0 aromatic heterocycles. The van der Waals surface area contributed by atoms with Crippen LogP contribution in [0.2, 0.25) is 0 Å². The Balaban J connectivity index is 2.40. The zero-order valence-corrected chi connectivity index (χ0v) is 18.9. The molecule has 30 heavy (non-hydrogen) atoms. The molecule has 6 nitrogen and oxygen atoms in total. The number of nitrogens with zero attached hydrogens (tertiary/aromatic N) is 1. The predicted molar refractivity (Wildman–Crippen MR) is 121 cm³/mol. The minimum atomic E-state index is 0.575. The summed E-state index contributed by atoms with van der Waals surface area (Å²) in [6.07, 6.45) is 8.99. The first kappa shape index (κ1) is 23.6. The van der Waals surface area contributed by atoms with E-state index in [9.17, 15) is 5.21 Å². The van der Waals surface area contributed by atoms with Crippen molar-refractivity contribution >= 4 is 16.5 Å². The summed E-state index contributed by atoms with van der Waals surface area (Å²) in [4.78, 5) is 0. The van der Waals surface area contributed by atoms with Gasteiger partial charge in [0.15, 0.2) is 0 Å². The maximum Gasteiger partial charge on any atom is 0.140 e. The minimum Gasteiger partial charge on any atom is -0.496 e. The van der Waals surface area contributed by atoms with E-state index in [1.165, 1.54) is 32.1 Å². The SMILES string of the molecule is CCCCCCCCCC(=NO)c1cc(OC)c2c(OC)ccc(OC)c2c1OC. The molecular weight excluding hydrogens is 382 g/mol. The number of rotatable bonds is 13. The molecule has 0 amide bonds. The van der Waals surface area contributed by atoms with Crippen LogP contribution in [0.4, 0.5) is 0 Å². The Bertz CT molecular complexity index is 847. The fourth-order valence-corrected chi connectivity index (χ4v) is 3.85. The summed E-state index contributed by atoms with van der Waals surface area (Å²) in [7, 11) is 6.43. The van der Waals surface area contributed by atoms with Gasteiger partial charge in [0.05, 0.1) is 44.9 Å². The maximum absolute atomic E-state index is 9.77. The van der Waals surface area contributed by atoms with Gasteiger partial charge in [0.25, 0.3) is 0 Å². The predicted octanol–water partition coefficient (Wildman–Crippen LogP) is 6.19. The molecule has 2 aromatic carbocycles. The van der Waals surface area contributed by atoms with Crippen molar-refractivity contribution in [2.75, 3.05) is 28.4 Å². The second-order valence-electron chi connectivity index (χ2n) is 7.30. The molecule has 0 fully saturated rings. The molecule has 0 aliphatic carbocycles. The normalized spacial score (nSPS) is 11.6. The molecule has 0 unspecified atom stereocenters. The molecule has 166 valence electrons. The summed E-state index contributed by atoms with van der Waals surface area (Å²) >= 11 is 0. The number of benzene rings is 2. The lowest BCUT2D eigenvalue weighted by Gasteiger charge is -2.19. The van der Waals surface area contributed by atoms with Crippen molar-refractivity contribution in [3.05, 3.63) is 23.8 Å². The molecule has 2 aromatic rings. The van der Waals surface area contributed by atoms with Crippen molar-refractivity contribution < 1.29 is 24.2 Å². The molecule has 0 saturated heterocycles. The van der Waals surface area contributed by atoms with E-state index in [-0.39, 0.29) is 0 Å². The zero-order valence-electron chi connectivity index (χ0n) is 18.9. The van der Waals surface area contributed by atoms with E-state index >= 15 is 0 Å². The summed E-state index contributed by atoms with van der Waals surface area (Å²) in [5.41, 5.74) is 1.27. The van der Waals surface area contributed by atoms with Crippen LogP contribution >= 0.6 is 0 Å². The van der Waals surface area contributed by atoms with Crippen molar-refractivity contribution in [1.29, 1.82) is 0 Å². The summed E-state index contributed by atoms with van der Waals surface area (Å²) < 4.78 is 22.6. The second-order valence-corrected chi connectivity index (χ2v) is 7.30. The number of hydrogen-bond acceptors (Lipinski definition) is 6. The third-order valence-corrected chi connectivity index (χ3v) is 5.44. The molecule has 0 radical (unpaired) electrons. The smallest absolute Gasteiger partial charge is 0.140 e. The molecule has 6 heteroatoms. The molecule has 0 heterocycles. The number of unbranched alkanes of at least 4 members (excludes halogenated alkanes) is 6. The molecule has 1 N–H and O–H groups in total. The van der Waals surface area contributed by atoms with Crippen LogP contribution < -0.4 is 18.9 Å². The highest BCUT2D eigenvalue weighted by Crippen LogP contribution is 2.46. The van der Waals surface area contributed by atoms with Crippen LogP contribution in [0.3, 0.4) is 0 Å². The van der Waals surface area contributed by atoms with Gasteiger partial charge in [-0.2, -0.15) is 0 Å². The van der Waals surface area contributed by atoms with Crippen LogP contribution in [0, 0.1) is 0 Å². The summed E-state index contributed by atoms with van der Waals surface area (Å²) in [5.74, 6) is 2.48. The molecule has 2 rings (SSSR count). The maximum atomic E-state index is 9.77. The van der Waals surface area contributed by atoms with E-state index in [4.69, 9.17) is 18.9 Å². The van der Waals surface area contributed by atoms with Gasteiger partial charge in [-0.1, -0.05) is 50.6 Å². The molecule has 0 aliphatic heterocycles. The van der Waals surface area contributed by atoms with Crippen LogP contribution in [0.25, 0.3) is 10.8 Å². The van der Waals surface area contributed by atoms with Gasteiger partial charge in [0, 0.05) is 5.56 Å². The van der Waals surface area contributed by atoms with Crippen molar-refractivity contribution in [3.8, 4) is 23.0 Å². The standard InChI is InChI=1S/C24H35NO5/c1-6-7-8-9-10-11-12-13-18(25-26)17-16-21(29-4)22-19(27-2)14-15-20(28-3)23(22)24(17)30-5/h14-16,26H,6-13H2,1-5H3. The Kier molecular flexibility index (Phi) is 9.58. The van der Waals surface area contributed by atoms with Crippen LogP contribution in [0.1, 0.15) is 63.9 Å². The Morgan fingerprint density at radius 2 is 1.33 bits per heavy atom. The third kappa shape index (κ3) is 5.29. The minimum absolute atomic E-state index is 0.575. The molecule has 0 atom stereocenters. The monoisotopic (exact) mass is 417 g/mol. The third-order valence-electron chi connectivity index (χ3n) is 5.44. The number of methoxy groups -OCH3 is 4. The quantitative estimate of drug-likeness (QED) is 0.182. The summed E-state index contributed by atoms with van der Waals surface area (Å²) in [6, 6.07) is 5.51. The number of fused-ring (bicyclic) bond motifs is 1. The van der Waals surface area contributed by atoms with Gasteiger partial charge in [-0.05, 0) is 31.0 Å². The average molecular weight is 418 g/mol. The van der Waals surface area contributed by atoms with Gasteiger partial charge >= 0.3 is 0 Å². The van der Waals surface area contributed by atoms with Gasteiger partial charge < -0.3 is 24.2 Å². The fourth-order valence-electron chi connectivity index (χ4n) is 3.85. The van der Waals surface area contributed by atoms with Crippen LogP contribution in [-0.2, 0) is 0 Å². The lowest BCUT2D eigenvalue weighted by atomic mass is 9.96. The lowest BCUT2D eigenvalue weighted by molar-refractivity contribution is 0.317.